The summed E-state index contributed by atoms with van der Waals surface area (Å²) in [6, 6.07) is 6.23. The van der Waals surface area contributed by atoms with E-state index < -0.39 is 0 Å². The number of hydrogen-bond donors (Lipinski definition) is 2. The molecule has 1 aromatic rings. The number of rotatable bonds is 6. The van der Waals surface area contributed by atoms with E-state index in [1.165, 1.54) is 19.3 Å². The minimum Gasteiger partial charge on any atom is -0.491 e. The van der Waals surface area contributed by atoms with Gasteiger partial charge >= 0.3 is 0 Å². The van der Waals surface area contributed by atoms with Gasteiger partial charge in [0.1, 0.15) is 12.4 Å². The van der Waals surface area contributed by atoms with Crippen molar-refractivity contribution in [3.8, 4) is 5.75 Å². The first-order chi connectivity index (χ1) is 9.76. The summed E-state index contributed by atoms with van der Waals surface area (Å²) in [5.74, 6) is 0.648. The molecule has 0 aromatic heterocycles. The van der Waals surface area contributed by atoms with E-state index >= 15 is 0 Å². The van der Waals surface area contributed by atoms with Crippen LogP contribution in [0.5, 0.6) is 5.75 Å². The zero-order valence-electron chi connectivity index (χ0n) is 12.4. The highest BCUT2D eigenvalue weighted by molar-refractivity contribution is 5.97. The summed E-state index contributed by atoms with van der Waals surface area (Å²) in [5, 5.41) is 6.19. The number of carbonyl (C=O) groups excluding carboxylic acids is 1. The summed E-state index contributed by atoms with van der Waals surface area (Å²) in [5.41, 5.74) is 1.80. The van der Waals surface area contributed by atoms with Crippen molar-refractivity contribution in [2.45, 2.75) is 38.6 Å². The van der Waals surface area contributed by atoms with Crippen molar-refractivity contribution in [1.29, 1.82) is 0 Å². The zero-order chi connectivity index (χ0) is 14.4. The second kappa shape index (κ2) is 7.29. The molecule has 110 valence electrons. The van der Waals surface area contributed by atoms with Crippen molar-refractivity contribution in [3.63, 3.8) is 0 Å². The summed E-state index contributed by atoms with van der Waals surface area (Å²) >= 11 is 0. The smallest absolute Gasteiger partial charge is 0.255 e. The Morgan fingerprint density at radius 3 is 3.00 bits per heavy atom. The summed E-state index contributed by atoms with van der Waals surface area (Å²) in [6.45, 7) is 3.30. The van der Waals surface area contributed by atoms with E-state index in [1.807, 2.05) is 19.2 Å². The molecule has 0 fully saturated rings. The number of benzene rings is 1. The van der Waals surface area contributed by atoms with Gasteiger partial charge < -0.3 is 15.4 Å². The molecule has 0 spiro atoms. The Kier molecular flexibility index (Phi) is 5.41. The van der Waals surface area contributed by atoms with Crippen LogP contribution < -0.4 is 15.4 Å². The van der Waals surface area contributed by atoms with Gasteiger partial charge in [-0.25, -0.2) is 0 Å². The Hall–Kier alpha value is -1.55. The van der Waals surface area contributed by atoms with Crippen molar-refractivity contribution in [2.75, 3.05) is 20.2 Å². The molecule has 20 heavy (non-hydrogen) atoms. The maximum absolute atomic E-state index is 12.0. The first-order valence-corrected chi connectivity index (χ1v) is 7.48. The molecule has 4 nitrogen and oxygen atoms in total. The van der Waals surface area contributed by atoms with E-state index in [0.29, 0.717) is 30.5 Å². The third-order valence-electron chi connectivity index (χ3n) is 3.74. The molecule has 2 rings (SSSR count). The largest absolute Gasteiger partial charge is 0.491 e. The molecule has 1 unspecified atom stereocenters. The van der Waals surface area contributed by atoms with Gasteiger partial charge in [-0.1, -0.05) is 32.3 Å². The summed E-state index contributed by atoms with van der Waals surface area (Å²) < 4.78 is 5.58. The predicted molar refractivity (Wildman–Crippen MR) is 80.2 cm³/mol. The Bertz CT molecular complexity index is 460. The van der Waals surface area contributed by atoms with Gasteiger partial charge in [0.2, 0.25) is 0 Å². The number of nitrogens with one attached hydrogen (secondary N) is 2. The van der Waals surface area contributed by atoms with E-state index in [4.69, 9.17) is 4.74 Å². The standard InChI is InChI=1S/C16H24N2O2/c1-3-4-5-6-14(17-2)12-7-8-15-13(11-12)16(19)18-9-10-20-15/h7-8,11,14,17H,3-6,9-10H2,1-2H3,(H,18,19). The fraction of sp³-hybridized carbons (Fsp3) is 0.562. The lowest BCUT2D eigenvalue weighted by Gasteiger charge is -2.18. The Labute approximate surface area is 120 Å². The third kappa shape index (κ3) is 3.51. The highest BCUT2D eigenvalue weighted by atomic mass is 16.5. The van der Waals surface area contributed by atoms with E-state index in [2.05, 4.69) is 23.6 Å². The molecule has 0 radical (unpaired) electrons. The molecule has 1 aliphatic heterocycles. The lowest BCUT2D eigenvalue weighted by Crippen LogP contribution is -2.24. The van der Waals surface area contributed by atoms with Gasteiger partial charge in [0.05, 0.1) is 12.1 Å². The van der Waals surface area contributed by atoms with Crippen molar-refractivity contribution >= 4 is 5.91 Å². The van der Waals surface area contributed by atoms with Crippen LogP contribution in [-0.2, 0) is 0 Å². The van der Waals surface area contributed by atoms with Crippen LogP contribution in [0, 0.1) is 0 Å². The minimum atomic E-state index is -0.0391. The molecule has 2 N–H and O–H groups in total. The van der Waals surface area contributed by atoms with Gasteiger partial charge in [-0.05, 0) is 31.2 Å². The van der Waals surface area contributed by atoms with Crippen LogP contribution in [0.4, 0.5) is 0 Å². The zero-order valence-corrected chi connectivity index (χ0v) is 12.4. The Morgan fingerprint density at radius 1 is 1.40 bits per heavy atom. The molecule has 0 bridgehead atoms. The average Bonchev–Trinajstić information content (AvgIpc) is 2.65. The molecule has 1 atom stereocenters. The van der Waals surface area contributed by atoms with Crippen molar-refractivity contribution in [2.24, 2.45) is 0 Å². The molecule has 1 aliphatic rings. The summed E-state index contributed by atoms with van der Waals surface area (Å²) in [7, 11) is 1.97. The minimum absolute atomic E-state index is 0.0391. The predicted octanol–water partition coefficient (Wildman–Crippen LogP) is 2.65. The fourth-order valence-electron chi connectivity index (χ4n) is 2.56. The molecular formula is C16H24N2O2. The SMILES string of the molecule is CCCCCC(NC)c1ccc2c(c1)C(=O)NCCO2. The van der Waals surface area contributed by atoms with Crippen LogP contribution >= 0.6 is 0 Å². The van der Waals surface area contributed by atoms with Crippen LogP contribution in [0.15, 0.2) is 18.2 Å². The van der Waals surface area contributed by atoms with E-state index in [1.54, 1.807) is 0 Å². The number of fused-ring (bicyclic) bond motifs is 1. The Morgan fingerprint density at radius 2 is 2.25 bits per heavy atom. The molecular weight excluding hydrogens is 252 g/mol. The number of hydrogen-bond acceptors (Lipinski definition) is 3. The quantitative estimate of drug-likeness (QED) is 0.785. The molecule has 0 saturated carbocycles. The van der Waals surface area contributed by atoms with Crippen molar-refractivity contribution in [3.05, 3.63) is 29.3 Å². The normalized spacial score (nSPS) is 15.8. The van der Waals surface area contributed by atoms with Gasteiger partial charge in [0.15, 0.2) is 0 Å². The number of amides is 1. The van der Waals surface area contributed by atoms with Crippen molar-refractivity contribution in [1.82, 2.24) is 10.6 Å². The fourth-order valence-corrected chi connectivity index (χ4v) is 2.56. The van der Waals surface area contributed by atoms with Gasteiger partial charge in [-0.15, -0.1) is 0 Å². The van der Waals surface area contributed by atoms with Crippen LogP contribution in [0.3, 0.4) is 0 Å². The highest BCUT2D eigenvalue weighted by Crippen LogP contribution is 2.27. The van der Waals surface area contributed by atoms with Gasteiger partial charge in [-0.3, -0.25) is 4.79 Å². The van der Waals surface area contributed by atoms with Crippen LogP contribution in [0.2, 0.25) is 0 Å². The second-order valence-corrected chi connectivity index (χ2v) is 5.20. The number of ether oxygens (including phenoxy) is 1. The molecule has 0 saturated heterocycles. The maximum atomic E-state index is 12.0. The Balaban J connectivity index is 2.17. The molecule has 1 heterocycles. The average molecular weight is 276 g/mol. The van der Waals surface area contributed by atoms with Crippen LogP contribution in [-0.4, -0.2) is 26.1 Å². The lowest BCUT2D eigenvalue weighted by molar-refractivity contribution is 0.0957. The first-order valence-electron chi connectivity index (χ1n) is 7.48. The first kappa shape index (κ1) is 14.9. The molecule has 4 heteroatoms. The van der Waals surface area contributed by atoms with E-state index in [-0.39, 0.29) is 5.91 Å². The van der Waals surface area contributed by atoms with Crippen molar-refractivity contribution < 1.29 is 9.53 Å². The van der Waals surface area contributed by atoms with Crippen LogP contribution in [0.25, 0.3) is 0 Å². The molecule has 1 aromatic carbocycles. The molecule has 1 amide bonds. The maximum Gasteiger partial charge on any atom is 0.255 e. The third-order valence-corrected chi connectivity index (χ3v) is 3.74. The lowest BCUT2D eigenvalue weighted by atomic mass is 9.98. The van der Waals surface area contributed by atoms with E-state index in [0.717, 1.165) is 12.0 Å². The highest BCUT2D eigenvalue weighted by Gasteiger charge is 2.18. The van der Waals surface area contributed by atoms with E-state index in [9.17, 15) is 4.79 Å². The van der Waals surface area contributed by atoms with Gasteiger partial charge in [0.25, 0.3) is 5.91 Å². The summed E-state index contributed by atoms with van der Waals surface area (Å²) in [4.78, 5) is 12.0. The summed E-state index contributed by atoms with van der Waals surface area (Å²) in [6.07, 6.45) is 4.75. The number of unbranched alkanes of at least 4 members (excludes halogenated alkanes) is 2. The van der Waals surface area contributed by atoms with Crippen LogP contribution in [0.1, 0.15) is 54.6 Å². The number of carbonyl (C=O) groups is 1. The second-order valence-electron chi connectivity index (χ2n) is 5.20. The van der Waals surface area contributed by atoms with Gasteiger partial charge in [-0.2, -0.15) is 0 Å². The van der Waals surface area contributed by atoms with Gasteiger partial charge in [0, 0.05) is 6.04 Å². The monoisotopic (exact) mass is 276 g/mol. The topological polar surface area (TPSA) is 50.4 Å². The molecule has 0 aliphatic carbocycles.